The Morgan fingerprint density at radius 1 is 0.778 bits per heavy atom. The van der Waals surface area contributed by atoms with Crippen molar-refractivity contribution in [3.05, 3.63) is 59.7 Å². The van der Waals surface area contributed by atoms with Gasteiger partial charge in [-0.3, -0.25) is 0 Å². The largest absolute Gasteiger partial charge is 0.508 e. The van der Waals surface area contributed by atoms with E-state index in [9.17, 15) is 10.2 Å². The molecule has 0 spiro atoms. The van der Waals surface area contributed by atoms with Crippen LogP contribution in [0.25, 0.3) is 0 Å². The summed E-state index contributed by atoms with van der Waals surface area (Å²) >= 11 is 0. The minimum absolute atomic E-state index is 0.0329. The van der Waals surface area contributed by atoms with Crippen molar-refractivity contribution in [2.24, 2.45) is 11.3 Å². The molecule has 146 valence electrons. The number of hydrogen-bond donors (Lipinski definition) is 2. The second-order valence-electron chi connectivity index (χ2n) is 9.59. The topological polar surface area (TPSA) is 40.5 Å². The quantitative estimate of drug-likeness (QED) is 0.644. The molecular formula is C25H34O2. The van der Waals surface area contributed by atoms with Gasteiger partial charge in [0, 0.05) is 0 Å². The van der Waals surface area contributed by atoms with E-state index in [4.69, 9.17) is 0 Å². The van der Waals surface area contributed by atoms with Crippen molar-refractivity contribution >= 4 is 0 Å². The number of rotatable bonds is 4. The third-order valence-corrected chi connectivity index (χ3v) is 7.75. The summed E-state index contributed by atoms with van der Waals surface area (Å²) in [6, 6.07) is 15.6. The Morgan fingerprint density at radius 2 is 1.22 bits per heavy atom. The molecule has 0 heterocycles. The molecular weight excluding hydrogens is 332 g/mol. The molecule has 1 fully saturated rings. The lowest BCUT2D eigenvalue weighted by Gasteiger charge is -2.56. The first-order valence-electron chi connectivity index (χ1n) is 10.2. The average molecular weight is 367 g/mol. The molecule has 2 aromatic rings. The molecule has 1 aliphatic rings. The highest BCUT2D eigenvalue weighted by Crippen LogP contribution is 2.59. The van der Waals surface area contributed by atoms with Crippen LogP contribution in [0, 0.1) is 11.3 Å². The summed E-state index contributed by atoms with van der Waals surface area (Å²) in [7, 11) is 0. The zero-order chi connectivity index (χ0) is 19.9. The van der Waals surface area contributed by atoms with Crippen LogP contribution in [0.4, 0.5) is 0 Å². The van der Waals surface area contributed by atoms with E-state index in [-0.39, 0.29) is 16.2 Å². The van der Waals surface area contributed by atoms with Crippen molar-refractivity contribution in [3.63, 3.8) is 0 Å². The fourth-order valence-corrected chi connectivity index (χ4v) is 5.49. The smallest absolute Gasteiger partial charge is 0.115 e. The predicted molar refractivity (Wildman–Crippen MR) is 112 cm³/mol. The first-order valence-corrected chi connectivity index (χ1v) is 10.2. The summed E-state index contributed by atoms with van der Waals surface area (Å²) in [4.78, 5) is 0. The Hall–Kier alpha value is -1.96. The van der Waals surface area contributed by atoms with E-state index >= 15 is 0 Å². The summed E-state index contributed by atoms with van der Waals surface area (Å²) in [5, 5.41) is 19.3. The number of hydrogen-bond acceptors (Lipinski definition) is 2. The van der Waals surface area contributed by atoms with Crippen molar-refractivity contribution in [3.8, 4) is 11.5 Å². The lowest BCUT2D eigenvalue weighted by atomic mass is 9.48. The van der Waals surface area contributed by atoms with Crippen LogP contribution in [0.5, 0.6) is 11.5 Å². The van der Waals surface area contributed by atoms with Crippen LogP contribution in [-0.2, 0) is 10.8 Å². The van der Waals surface area contributed by atoms with Crippen molar-refractivity contribution in [1.29, 1.82) is 0 Å². The molecule has 0 atom stereocenters. The van der Waals surface area contributed by atoms with Gasteiger partial charge in [0.05, 0.1) is 0 Å². The molecule has 2 aromatic carbocycles. The highest BCUT2D eigenvalue weighted by Gasteiger charge is 2.51. The zero-order valence-electron chi connectivity index (χ0n) is 17.4. The third kappa shape index (κ3) is 3.35. The van der Waals surface area contributed by atoms with Gasteiger partial charge in [-0.25, -0.2) is 0 Å². The molecule has 1 saturated carbocycles. The Morgan fingerprint density at radius 3 is 1.67 bits per heavy atom. The Bertz CT molecular complexity index is 761. The van der Waals surface area contributed by atoms with E-state index in [0.717, 1.165) is 12.8 Å². The number of phenolic OH excluding ortho intramolecular Hbond substituents is 2. The minimum Gasteiger partial charge on any atom is -0.508 e. The molecule has 0 aliphatic heterocycles. The highest BCUT2D eigenvalue weighted by molar-refractivity contribution is 5.35. The van der Waals surface area contributed by atoms with Gasteiger partial charge in [-0.2, -0.15) is 0 Å². The van der Waals surface area contributed by atoms with Gasteiger partial charge in [-0.05, 0) is 83.2 Å². The second-order valence-corrected chi connectivity index (χ2v) is 9.59. The van der Waals surface area contributed by atoms with E-state index in [2.05, 4.69) is 58.9 Å². The summed E-state index contributed by atoms with van der Waals surface area (Å²) in [5.41, 5.74) is 3.06. The van der Waals surface area contributed by atoms with Crippen LogP contribution < -0.4 is 0 Å². The molecule has 27 heavy (non-hydrogen) atoms. The van der Waals surface area contributed by atoms with Crippen LogP contribution in [0.2, 0.25) is 0 Å². The number of aromatic hydroxyl groups is 2. The fourth-order valence-electron chi connectivity index (χ4n) is 5.49. The van der Waals surface area contributed by atoms with Crippen LogP contribution in [0.1, 0.15) is 71.4 Å². The van der Waals surface area contributed by atoms with Crippen molar-refractivity contribution in [1.82, 2.24) is 0 Å². The number of phenols is 2. The molecule has 2 nitrogen and oxygen atoms in total. The van der Waals surface area contributed by atoms with Gasteiger partial charge >= 0.3 is 0 Å². The molecule has 0 saturated heterocycles. The van der Waals surface area contributed by atoms with E-state index in [1.54, 1.807) is 0 Å². The van der Waals surface area contributed by atoms with Crippen LogP contribution in [0.15, 0.2) is 48.5 Å². The zero-order valence-corrected chi connectivity index (χ0v) is 17.4. The highest BCUT2D eigenvalue weighted by atomic mass is 16.3. The van der Waals surface area contributed by atoms with E-state index < -0.39 is 0 Å². The maximum Gasteiger partial charge on any atom is 0.115 e. The lowest BCUT2D eigenvalue weighted by molar-refractivity contribution is 0.00799. The molecule has 0 aromatic heterocycles. The average Bonchev–Trinajstić information content (AvgIpc) is 2.63. The van der Waals surface area contributed by atoms with E-state index in [0.29, 0.717) is 17.4 Å². The van der Waals surface area contributed by atoms with Crippen LogP contribution in [0.3, 0.4) is 0 Å². The fraction of sp³-hybridized carbons (Fsp3) is 0.520. The Balaban J connectivity index is 1.91. The van der Waals surface area contributed by atoms with Gasteiger partial charge in [0.1, 0.15) is 11.5 Å². The van der Waals surface area contributed by atoms with Gasteiger partial charge < -0.3 is 10.2 Å². The van der Waals surface area contributed by atoms with E-state index in [1.807, 2.05) is 24.3 Å². The molecule has 0 amide bonds. The molecule has 0 bridgehead atoms. The maximum atomic E-state index is 9.70. The minimum atomic E-state index is 0.0329. The number of benzene rings is 2. The Labute approximate surface area is 164 Å². The van der Waals surface area contributed by atoms with Crippen LogP contribution >= 0.6 is 0 Å². The summed E-state index contributed by atoms with van der Waals surface area (Å²) < 4.78 is 0. The van der Waals surface area contributed by atoms with E-state index in [1.165, 1.54) is 24.0 Å². The standard InChI is InChI=1S/C25H34O2/c1-18(2)25(23(3,4)19-6-10-21(26)11-7-19)16-14-24(5,15-17-25)20-8-12-22(27)13-9-20/h6-13,18,26-27H,14-17H2,1-5H3. The van der Waals surface area contributed by atoms with Crippen molar-refractivity contribution < 1.29 is 10.2 Å². The predicted octanol–water partition coefficient (Wildman–Crippen LogP) is 6.55. The maximum absolute atomic E-state index is 9.70. The van der Waals surface area contributed by atoms with Gasteiger partial charge in [0.25, 0.3) is 0 Å². The van der Waals surface area contributed by atoms with Gasteiger partial charge in [-0.1, -0.05) is 58.9 Å². The van der Waals surface area contributed by atoms with Crippen molar-refractivity contribution in [2.75, 3.05) is 0 Å². The molecule has 0 radical (unpaired) electrons. The van der Waals surface area contributed by atoms with Gasteiger partial charge in [0.15, 0.2) is 0 Å². The monoisotopic (exact) mass is 366 g/mol. The molecule has 2 N–H and O–H groups in total. The first kappa shape index (κ1) is 19.8. The summed E-state index contributed by atoms with van der Waals surface area (Å²) in [6.07, 6.45) is 4.65. The van der Waals surface area contributed by atoms with Crippen molar-refractivity contribution in [2.45, 2.75) is 71.1 Å². The molecule has 1 aliphatic carbocycles. The molecule has 3 rings (SSSR count). The normalized spacial score (nSPS) is 26.3. The lowest BCUT2D eigenvalue weighted by Crippen LogP contribution is -2.49. The molecule has 2 heteroatoms. The molecule has 0 unspecified atom stereocenters. The Kier molecular flexibility index (Phi) is 5.05. The van der Waals surface area contributed by atoms with Gasteiger partial charge in [0.2, 0.25) is 0 Å². The van der Waals surface area contributed by atoms with Gasteiger partial charge in [-0.15, -0.1) is 0 Å². The SMILES string of the molecule is CC(C)C1(C(C)(C)c2ccc(O)cc2)CCC(C)(c2ccc(O)cc2)CC1. The third-order valence-electron chi connectivity index (χ3n) is 7.75. The van der Waals surface area contributed by atoms with Crippen LogP contribution in [-0.4, -0.2) is 10.2 Å². The summed E-state index contributed by atoms with van der Waals surface area (Å²) in [6.45, 7) is 11.9. The first-order chi connectivity index (χ1) is 12.6. The summed E-state index contributed by atoms with van der Waals surface area (Å²) in [5.74, 6) is 1.24. The second kappa shape index (κ2) is 6.89.